The highest BCUT2D eigenvalue weighted by atomic mass is 16.5. The molecule has 1 amide bonds. The van der Waals surface area contributed by atoms with Gasteiger partial charge in [0, 0.05) is 11.1 Å². The van der Waals surface area contributed by atoms with Crippen molar-refractivity contribution in [1.29, 1.82) is 0 Å². The molecule has 2 aromatic carbocycles. The van der Waals surface area contributed by atoms with Gasteiger partial charge in [0.2, 0.25) is 0 Å². The highest BCUT2D eigenvalue weighted by Crippen LogP contribution is 2.10. The van der Waals surface area contributed by atoms with E-state index in [0.29, 0.717) is 0 Å². The highest BCUT2D eigenvalue weighted by Gasteiger charge is 2.24. The van der Waals surface area contributed by atoms with Crippen LogP contribution in [-0.4, -0.2) is 44.1 Å². The summed E-state index contributed by atoms with van der Waals surface area (Å²) in [6.07, 6.45) is 0. The fourth-order valence-corrected chi connectivity index (χ4v) is 3.00. The normalized spacial score (nSPS) is 15.4. The summed E-state index contributed by atoms with van der Waals surface area (Å²) in [5, 5.41) is 0. The number of carbonyl (C=O) groups excluding carboxylic acids is 1. The van der Waals surface area contributed by atoms with E-state index in [1.807, 2.05) is 47.4 Å². The second-order valence-corrected chi connectivity index (χ2v) is 5.93. The Morgan fingerprint density at radius 2 is 1.70 bits per heavy atom. The van der Waals surface area contributed by atoms with Gasteiger partial charge in [0.1, 0.15) is 12.3 Å². The average Bonchev–Trinajstić information content (AvgIpc) is 2.63. The van der Waals surface area contributed by atoms with E-state index in [4.69, 9.17) is 4.74 Å². The Kier molecular flexibility index (Phi) is 4.93. The molecule has 0 aromatic heterocycles. The summed E-state index contributed by atoms with van der Waals surface area (Å²) in [5.74, 6) is 1.04. The molecule has 0 unspecified atom stereocenters. The molecule has 0 radical (unpaired) electrons. The molecular weight excluding hydrogens is 288 g/mol. The van der Waals surface area contributed by atoms with E-state index < -0.39 is 0 Å². The smallest absolute Gasteiger partial charge is 0.254 e. The lowest BCUT2D eigenvalue weighted by Crippen LogP contribution is -3.13. The van der Waals surface area contributed by atoms with Crippen LogP contribution < -0.4 is 9.64 Å². The van der Waals surface area contributed by atoms with Crippen molar-refractivity contribution in [2.45, 2.75) is 6.54 Å². The van der Waals surface area contributed by atoms with Gasteiger partial charge in [0.05, 0.1) is 33.3 Å². The van der Waals surface area contributed by atoms with Gasteiger partial charge in [-0.25, -0.2) is 0 Å². The molecule has 2 aromatic rings. The van der Waals surface area contributed by atoms with Crippen LogP contribution in [0.1, 0.15) is 15.9 Å². The summed E-state index contributed by atoms with van der Waals surface area (Å²) in [4.78, 5) is 15.9. The van der Waals surface area contributed by atoms with Crippen LogP contribution in [0.5, 0.6) is 5.75 Å². The first kappa shape index (κ1) is 15.6. The van der Waals surface area contributed by atoms with Crippen LogP contribution in [0.2, 0.25) is 0 Å². The van der Waals surface area contributed by atoms with Crippen LogP contribution >= 0.6 is 0 Å². The fraction of sp³-hybridized carbons (Fsp3) is 0.316. The van der Waals surface area contributed by atoms with E-state index in [-0.39, 0.29) is 5.91 Å². The molecule has 23 heavy (non-hydrogen) atoms. The average molecular weight is 311 g/mol. The molecule has 3 rings (SSSR count). The van der Waals surface area contributed by atoms with E-state index in [0.717, 1.165) is 44.0 Å². The number of ether oxygens (including phenoxy) is 1. The maximum atomic E-state index is 12.4. The Morgan fingerprint density at radius 3 is 2.30 bits per heavy atom. The minimum Gasteiger partial charge on any atom is -0.497 e. The van der Waals surface area contributed by atoms with Gasteiger partial charge in [-0.1, -0.05) is 18.2 Å². The zero-order chi connectivity index (χ0) is 16.1. The van der Waals surface area contributed by atoms with E-state index >= 15 is 0 Å². The van der Waals surface area contributed by atoms with E-state index in [9.17, 15) is 4.79 Å². The molecule has 1 aliphatic rings. The van der Waals surface area contributed by atoms with Gasteiger partial charge in [-0.2, -0.15) is 0 Å². The molecular formula is C19H23N2O2+. The number of nitrogens with zero attached hydrogens (tertiary/aromatic N) is 1. The van der Waals surface area contributed by atoms with E-state index in [1.54, 1.807) is 7.11 Å². The van der Waals surface area contributed by atoms with Gasteiger partial charge in [0.25, 0.3) is 5.91 Å². The van der Waals surface area contributed by atoms with Crippen LogP contribution in [0, 0.1) is 0 Å². The summed E-state index contributed by atoms with van der Waals surface area (Å²) in [5.41, 5.74) is 2.09. The predicted octanol–water partition coefficient (Wildman–Crippen LogP) is 1.24. The van der Waals surface area contributed by atoms with Gasteiger partial charge in [-0.05, 0) is 36.4 Å². The highest BCUT2D eigenvalue weighted by molar-refractivity contribution is 5.94. The molecule has 4 heteroatoms. The van der Waals surface area contributed by atoms with Crippen molar-refractivity contribution in [2.24, 2.45) is 0 Å². The maximum Gasteiger partial charge on any atom is 0.254 e. The zero-order valence-corrected chi connectivity index (χ0v) is 13.5. The molecule has 120 valence electrons. The van der Waals surface area contributed by atoms with Gasteiger partial charge >= 0.3 is 0 Å². The molecule has 1 N–H and O–H groups in total. The summed E-state index contributed by atoms with van der Waals surface area (Å²) in [6, 6.07) is 17.8. The number of carbonyl (C=O) groups is 1. The first-order chi connectivity index (χ1) is 11.3. The molecule has 0 bridgehead atoms. The second kappa shape index (κ2) is 7.29. The molecule has 1 fully saturated rings. The van der Waals surface area contributed by atoms with Crippen molar-refractivity contribution in [1.82, 2.24) is 4.90 Å². The minimum absolute atomic E-state index is 0.147. The zero-order valence-electron chi connectivity index (χ0n) is 13.5. The standard InChI is InChI=1S/C19H22N2O2/c1-23-18-9-7-16(8-10-18)15-20-11-13-21(14-12-20)19(22)17-5-3-2-4-6-17/h2-10H,11-15H2,1H3/p+1. The van der Waals surface area contributed by atoms with Gasteiger partial charge < -0.3 is 14.5 Å². The minimum atomic E-state index is 0.147. The van der Waals surface area contributed by atoms with Gasteiger partial charge in [-0.3, -0.25) is 4.79 Å². The summed E-state index contributed by atoms with van der Waals surface area (Å²) in [7, 11) is 1.68. The lowest BCUT2D eigenvalue weighted by atomic mass is 10.1. The number of quaternary nitrogens is 1. The number of benzene rings is 2. The summed E-state index contributed by atoms with van der Waals surface area (Å²) >= 11 is 0. The Morgan fingerprint density at radius 1 is 1.04 bits per heavy atom. The third kappa shape index (κ3) is 3.90. The molecule has 1 aliphatic heterocycles. The Hall–Kier alpha value is -2.33. The monoisotopic (exact) mass is 311 g/mol. The van der Waals surface area contributed by atoms with Gasteiger partial charge in [-0.15, -0.1) is 0 Å². The largest absolute Gasteiger partial charge is 0.497 e. The lowest BCUT2D eigenvalue weighted by Gasteiger charge is -2.32. The first-order valence-electron chi connectivity index (χ1n) is 8.07. The van der Waals surface area contributed by atoms with Crippen LogP contribution in [0.3, 0.4) is 0 Å². The SMILES string of the molecule is COc1ccc(C[NH+]2CCN(C(=O)c3ccccc3)CC2)cc1. The quantitative estimate of drug-likeness (QED) is 0.922. The van der Waals surface area contributed by atoms with Crippen molar-refractivity contribution in [3.8, 4) is 5.75 Å². The van der Waals surface area contributed by atoms with Crippen LogP contribution in [0.4, 0.5) is 0 Å². The third-order valence-corrected chi connectivity index (χ3v) is 4.39. The number of amides is 1. The number of methoxy groups -OCH3 is 1. The van der Waals surface area contributed by atoms with Crippen molar-refractivity contribution >= 4 is 5.91 Å². The van der Waals surface area contributed by atoms with Crippen molar-refractivity contribution in [3.05, 3.63) is 65.7 Å². The summed E-state index contributed by atoms with van der Waals surface area (Å²) < 4.78 is 5.19. The van der Waals surface area contributed by atoms with Gasteiger partial charge in [0.15, 0.2) is 0 Å². The van der Waals surface area contributed by atoms with E-state index in [2.05, 4.69) is 12.1 Å². The topological polar surface area (TPSA) is 34.0 Å². The fourth-order valence-electron chi connectivity index (χ4n) is 3.00. The molecule has 0 atom stereocenters. The molecule has 0 aliphatic carbocycles. The molecule has 1 heterocycles. The third-order valence-electron chi connectivity index (χ3n) is 4.39. The molecule has 0 spiro atoms. The van der Waals surface area contributed by atoms with Crippen LogP contribution in [0.15, 0.2) is 54.6 Å². The van der Waals surface area contributed by atoms with Crippen LogP contribution in [0.25, 0.3) is 0 Å². The lowest BCUT2D eigenvalue weighted by molar-refractivity contribution is -0.917. The first-order valence-corrected chi connectivity index (χ1v) is 8.07. The van der Waals surface area contributed by atoms with Crippen LogP contribution in [-0.2, 0) is 6.54 Å². The Labute approximate surface area is 137 Å². The number of nitrogens with one attached hydrogen (secondary N) is 1. The Bertz CT molecular complexity index is 632. The molecule has 0 saturated carbocycles. The van der Waals surface area contributed by atoms with Crippen molar-refractivity contribution in [2.75, 3.05) is 33.3 Å². The predicted molar refractivity (Wildman–Crippen MR) is 89.7 cm³/mol. The number of hydrogen-bond acceptors (Lipinski definition) is 2. The summed E-state index contributed by atoms with van der Waals surface area (Å²) in [6.45, 7) is 4.62. The second-order valence-electron chi connectivity index (χ2n) is 5.93. The molecule has 4 nitrogen and oxygen atoms in total. The number of piperazine rings is 1. The van der Waals surface area contributed by atoms with Crippen molar-refractivity contribution < 1.29 is 14.4 Å². The van der Waals surface area contributed by atoms with Crippen molar-refractivity contribution in [3.63, 3.8) is 0 Å². The maximum absolute atomic E-state index is 12.4. The molecule has 1 saturated heterocycles. The number of rotatable bonds is 4. The Balaban J connectivity index is 1.53. The van der Waals surface area contributed by atoms with E-state index in [1.165, 1.54) is 10.5 Å². The number of hydrogen-bond donors (Lipinski definition) is 1.